The average molecular weight is 170 g/mol. The van der Waals surface area contributed by atoms with Crippen molar-refractivity contribution in [3.05, 3.63) is 16.6 Å². The van der Waals surface area contributed by atoms with Gasteiger partial charge in [-0.05, 0) is 0 Å². The van der Waals surface area contributed by atoms with Crippen LogP contribution >= 0.6 is 11.3 Å². The molecule has 0 aliphatic carbocycles. The van der Waals surface area contributed by atoms with Crippen LogP contribution in [-0.2, 0) is 4.74 Å². The topological polar surface area (TPSA) is 34.1 Å². The first-order valence-electron chi connectivity index (χ1n) is 3.68. The highest BCUT2D eigenvalue weighted by molar-refractivity contribution is 7.09. The highest BCUT2D eigenvalue weighted by atomic mass is 32.1. The highest BCUT2D eigenvalue weighted by Crippen LogP contribution is 2.19. The number of hydrogen-bond acceptors (Lipinski definition) is 4. The molecular formula is C7H10N2OS. The van der Waals surface area contributed by atoms with Crippen LogP contribution in [-0.4, -0.2) is 24.7 Å². The van der Waals surface area contributed by atoms with Crippen molar-refractivity contribution in [1.82, 2.24) is 10.3 Å². The van der Waals surface area contributed by atoms with Gasteiger partial charge in [-0.15, -0.1) is 11.3 Å². The smallest absolute Gasteiger partial charge is 0.123 e. The molecule has 1 aliphatic rings. The summed E-state index contributed by atoms with van der Waals surface area (Å²) in [6.07, 6.45) is 2.00. The van der Waals surface area contributed by atoms with Gasteiger partial charge in [-0.2, -0.15) is 0 Å². The van der Waals surface area contributed by atoms with E-state index in [0.717, 1.165) is 24.7 Å². The van der Waals surface area contributed by atoms with Gasteiger partial charge in [0.1, 0.15) is 11.1 Å². The van der Waals surface area contributed by atoms with Crippen LogP contribution in [0.15, 0.2) is 11.6 Å². The molecular weight excluding hydrogens is 160 g/mol. The van der Waals surface area contributed by atoms with E-state index in [-0.39, 0.29) is 6.10 Å². The predicted octanol–water partition coefficient (Wildman–Crippen LogP) is 0.804. The Labute approximate surface area is 69.4 Å². The maximum Gasteiger partial charge on any atom is 0.123 e. The first kappa shape index (κ1) is 7.21. The Bertz CT molecular complexity index is 206. The summed E-state index contributed by atoms with van der Waals surface area (Å²) in [4.78, 5) is 4.19. The van der Waals surface area contributed by atoms with Gasteiger partial charge in [0.2, 0.25) is 0 Å². The number of morpholine rings is 1. The highest BCUT2D eigenvalue weighted by Gasteiger charge is 2.16. The van der Waals surface area contributed by atoms with Crippen LogP contribution in [0.1, 0.15) is 11.1 Å². The van der Waals surface area contributed by atoms with Crippen molar-refractivity contribution in [1.29, 1.82) is 0 Å². The third-order valence-electron chi connectivity index (χ3n) is 1.65. The molecule has 1 saturated heterocycles. The van der Waals surface area contributed by atoms with Crippen molar-refractivity contribution in [2.45, 2.75) is 6.10 Å². The number of ether oxygens (including phenoxy) is 1. The third kappa shape index (κ3) is 1.58. The van der Waals surface area contributed by atoms with E-state index in [0.29, 0.717) is 0 Å². The molecule has 60 valence electrons. The average Bonchev–Trinajstić information content (AvgIpc) is 2.58. The van der Waals surface area contributed by atoms with E-state index in [4.69, 9.17) is 4.74 Å². The van der Waals surface area contributed by atoms with E-state index in [1.807, 2.05) is 11.6 Å². The first-order valence-corrected chi connectivity index (χ1v) is 4.56. The molecule has 1 atom stereocenters. The van der Waals surface area contributed by atoms with E-state index < -0.39 is 0 Å². The number of thiazole rings is 1. The Kier molecular flexibility index (Phi) is 2.16. The molecule has 0 spiro atoms. The normalized spacial score (nSPS) is 25.3. The lowest BCUT2D eigenvalue weighted by atomic mass is 10.3. The third-order valence-corrected chi connectivity index (χ3v) is 2.52. The predicted molar refractivity (Wildman–Crippen MR) is 43.7 cm³/mol. The van der Waals surface area contributed by atoms with Crippen LogP contribution in [0.2, 0.25) is 0 Å². The van der Waals surface area contributed by atoms with E-state index in [9.17, 15) is 0 Å². The molecule has 1 aliphatic heterocycles. The van der Waals surface area contributed by atoms with Gasteiger partial charge in [0.15, 0.2) is 0 Å². The fourth-order valence-electron chi connectivity index (χ4n) is 1.12. The minimum atomic E-state index is 0.184. The number of nitrogens with zero attached hydrogens (tertiary/aromatic N) is 1. The Hall–Kier alpha value is -0.450. The van der Waals surface area contributed by atoms with Gasteiger partial charge in [0, 0.05) is 24.7 Å². The molecule has 1 aromatic rings. The lowest BCUT2D eigenvalue weighted by Crippen LogP contribution is -2.33. The quantitative estimate of drug-likeness (QED) is 0.677. The molecule has 0 unspecified atom stereocenters. The van der Waals surface area contributed by atoms with Crippen molar-refractivity contribution >= 4 is 11.3 Å². The monoisotopic (exact) mass is 170 g/mol. The minimum Gasteiger partial charge on any atom is -0.368 e. The lowest BCUT2D eigenvalue weighted by Gasteiger charge is -2.21. The second-order valence-corrected chi connectivity index (χ2v) is 3.36. The van der Waals surface area contributed by atoms with Crippen LogP contribution in [0, 0.1) is 0 Å². The van der Waals surface area contributed by atoms with Gasteiger partial charge in [-0.1, -0.05) is 0 Å². The van der Waals surface area contributed by atoms with E-state index in [2.05, 4.69) is 10.3 Å². The second-order valence-electron chi connectivity index (χ2n) is 2.43. The van der Waals surface area contributed by atoms with Crippen molar-refractivity contribution < 1.29 is 4.74 Å². The van der Waals surface area contributed by atoms with Gasteiger partial charge in [-0.25, -0.2) is 4.98 Å². The van der Waals surface area contributed by atoms with E-state index in [1.54, 1.807) is 11.3 Å². The summed E-state index contributed by atoms with van der Waals surface area (Å²) in [5.74, 6) is 0. The molecule has 0 amide bonds. The van der Waals surface area contributed by atoms with E-state index >= 15 is 0 Å². The Morgan fingerprint density at radius 2 is 2.73 bits per heavy atom. The van der Waals surface area contributed by atoms with Crippen LogP contribution in [0.5, 0.6) is 0 Å². The molecule has 0 aromatic carbocycles. The Morgan fingerprint density at radius 1 is 1.73 bits per heavy atom. The zero-order valence-electron chi connectivity index (χ0n) is 6.12. The number of nitrogens with one attached hydrogen (secondary N) is 1. The van der Waals surface area contributed by atoms with Gasteiger partial charge in [0.25, 0.3) is 0 Å². The fourth-order valence-corrected chi connectivity index (χ4v) is 1.80. The van der Waals surface area contributed by atoms with Gasteiger partial charge in [0.05, 0.1) is 6.61 Å². The molecule has 2 rings (SSSR count). The van der Waals surface area contributed by atoms with Crippen LogP contribution in [0.3, 0.4) is 0 Å². The summed E-state index contributed by atoms with van der Waals surface area (Å²) < 4.78 is 5.51. The number of hydrogen-bond donors (Lipinski definition) is 1. The fraction of sp³-hybridized carbons (Fsp3) is 0.571. The molecule has 1 aromatic heterocycles. The minimum absolute atomic E-state index is 0.184. The molecule has 0 radical (unpaired) electrons. The standard InChI is InChI=1S/C7H10N2OS/c1-3-10-6(5-8-1)7-9-2-4-11-7/h2,4,6,8H,1,3,5H2/t6-/m0/s1. The summed E-state index contributed by atoms with van der Waals surface area (Å²) in [5, 5.41) is 6.32. The molecule has 1 N–H and O–H groups in total. The summed E-state index contributed by atoms with van der Waals surface area (Å²) in [7, 11) is 0. The largest absolute Gasteiger partial charge is 0.368 e. The summed E-state index contributed by atoms with van der Waals surface area (Å²) in [5.41, 5.74) is 0. The Balaban J connectivity index is 2.04. The van der Waals surface area contributed by atoms with E-state index in [1.165, 1.54) is 0 Å². The van der Waals surface area contributed by atoms with Crippen LogP contribution < -0.4 is 5.32 Å². The number of rotatable bonds is 1. The molecule has 0 saturated carbocycles. The van der Waals surface area contributed by atoms with Gasteiger partial charge in [-0.3, -0.25) is 0 Å². The molecule has 2 heterocycles. The van der Waals surface area contributed by atoms with Gasteiger partial charge >= 0.3 is 0 Å². The maximum absolute atomic E-state index is 5.51. The summed E-state index contributed by atoms with van der Waals surface area (Å²) >= 11 is 1.65. The van der Waals surface area contributed by atoms with Crippen molar-refractivity contribution in [3.63, 3.8) is 0 Å². The molecule has 4 heteroatoms. The van der Waals surface area contributed by atoms with Crippen molar-refractivity contribution in [2.24, 2.45) is 0 Å². The first-order chi connectivity index (χ1) is 5.47. The maximum atomic E-state index is 5.51. The lowest BCUT2D eigenvalue weighted by molar-refractivity contribution is 0.0275. The zero-order chi connectivity index (χ0) is 7.52. The summed E-state index contributed by atoms with van der Waals surface area (Å²) in [6, 6.07) is 0. The summed E-state index contributed by atoms with van der Waals surface area (Å²) in [6.45, 7) is 2.65. The molecule has 3 nitrogen and oxygen atoms in total. The molecule has 1 fully saturated rings. The second kappa shape index (κ2) is 3.30. The van der Waals surface area contributed by atoms with Crippen molar-refractivity contribution in [3.8, 4) is 0 Å². The van der Waals surface area contributed by atoms with Crippen molar-refractivity contribution in [2.75, 3.05) is 19.7 Å². The van der Waals surface area contributed by atoms with Crippen LogP contribution in [0.25, 0.3) is 0 Å². The number of aromatic nitrogens is 1. The van der Waals surface area contributed by atoms with Gasteiger partial charge < -0.3 is 10.1 Å². The van der Waals surface area contributed by atoms with Crippen LogP contribution in [0.4, 0.5) is 0 Å². The molecule has 11 heavy (non-hydrogen) atoms. The molecule has 0 bridgehead atoms. The zero-order valence-corrected chi connectivity index (χ0v) is 6.93. The Morgan fingerprint density at radius 3 is 3.36 bits per heavy atom. The SMILES string of the molecule is c1csc([C@@H]2CNCCO2)n1.